The summed E-state index contributed by atoms with van der Waals surface area (Å²) in [6, 6.07) is 15.5. The fourth-order valence-corrected chi connectivity index (χ4v) is 3.73. The van der Waals surface area contributed by atoms with Gasteiger partial charge in [-0.15, -0.1) is 12.4 Å². The molecule has 0 bridgehead atoms. The van der Waals surface area contributed by atoms with Crippen LogP contribution in [0.3, 0.4) is 0 Å². The van der Waals surface area contributed by atoms with Crippen molar-refractivity contribution in [2.45, 2.75) is 38.2 Å². The van der Waals surface area contributed by atoms with Crippen LogP contribution in [0.5, 0.6) is 11.5 Å². The van der Waals surface area contributed by atoms with Crippen LogP contribution in [0.2, 0.25) is 0 Å². The Morgan fingerprint density at radius 3 is 2.63 bits per heavy atom. The molecule has 0 saturated carbocycles. The molecule has 5 heteroatoms. The van der Waals surface area contributed by atoms with E-state index in [1.807, 2.05) is 6.07 Å². The van der Waals surface area contributed by atoms with Crippen LogP contribution in [0.15, 0.2) is 48.5 Å². The molecule has 1 aliphatic heterocycles. The molecule has 0 radical (unpaired) electrons. The zero-order chi connectivity index (χ0) is 18.4. The Balaban J connectivity index is 0.00000261. The molecule has 2 atom stereocenters. The summed E-state index contributed by atoms with van der Waals surface area (Å²) < 4.78 is 5.68. The average Bonchev–Trinajstić information content (AvgIpc) is 2.63. The lowest BCUT2D eigenvalue weighted by Gasteiger charge is -2.41. The van der Waals surface area contributed by atoms with Crippen LogP contribution in [0.25, 0.3) is 0 Å². The molecular formula is C22H30ClNO3. The number of nitrogens with one attached hydrogen (secondary N) is 1. The van der Waals surface area contributed by atoms with E-state index in [0.717, 1.165) is 32.4 Å². The zero-order valence-corrected chi connectivity index (χ0v) is 16.7. The number of ether oxygens (including phenoxy) is 1. The maximum absolute atomic E-state index is 11.3. The van der Waals surface area contributed by atoms with Crippen molar-refractivity contribution >= 4 is 12.4 Å². The van der Waals surface area contributed by atoms with Crippen LogP contribution in [0, 0.1) is 12.8 Å². The number of halogens is 1. The quantitative estimate of drug-likeness (QED) is 0.627. The van der Waals surface area contributed by atoms with E-state index in [9.17, 15) is 10.2 Å². The minimum absolute atomic E-state index is 0. The smallest absolute Gasteiger partial charge is 0.160 e. The van der Waals surface area contributed by atoms with Gasteiger partial charge in [0.15, 0.2) is 11.5 Å². The monoisotopic (exact) mass is 391 g/mol. The maximum atomic E-state index is 11.3. The zero-order valence-electron chi connectivity index (χ0n) is 15.9. The lowest BCUT2D eigenvalue weighted by atomic mass is 9.75. The summed E-state index contributed by atoms with van der Waals surface area (Å²) in [5, 5.41) is 24.5. The van der Waals surface area contributed by atoms with Gasteiger partial charge in [0.1, 0.15) is 0 Å². The fourth-order valence-electron chi connectivity index (χ4n) is 3.73. The molecule has 3 N–H and O–H groups in total. The molecule has 0 aliphatic carbocycles. The number of phenolic OH excluding ortho intramolecular Hbond substituents is 1. The Morgan fingerprint density at radius 2 is 1.89 bits per heavy atom. The largest absolute Gasteiger partial charge is 0.504 e. The van der Waals surface area contributed by atoms with Crippen LogP contribution >= 0.6 is 12.4 Å². The van der Waals surface area contributed by atoms with E-state index in [0.29, 0.717) is 18.8 Å². The van der Waals surface area contributed by atoms with Crippen molar-refractivity contribution in [3.05, 3.63) is 59.7 Å². The molecule has 2 aromatic rings. The standard InChI is InChI=1S/C22H29NO3.ClH/c1-17-8-10-18(11-9-17)15-22(25)12-13-23-16-19(22)5-4-14-26-21-7-3-2-6-20(21)24;/h2-3,6-11,19,23-25H,4-5,12-16H2,1H3;1H. The van der Waals surface area contributed by atoms with Crippen LogP contribution in [0.4, 0.5) is 0 Å². The molecule has 0 amide bonds. The first-order chi connectivity index (χ1) is 12.6. The number of aryl methyl sites for hydroxylation is 1. The van der Waals surface area contributed by atoms with Gasteiger partial charge in [-0.3, -0.25) is 0 Å². The van der Waals surface area contributed by atoms with Crippen molar-refractivity contribution in [1.82, 2.24) is 5.32 Å². The molecule has 27 heavy (non-hydrogen) atoms. The van der Waals surface area contributed by atoms with Gasteiger partial charge < -0.3 is 20.3 Å². The molecule has 1 saturated heterocycles. The van der Waals surface area contributed by atoms with Crippen molar-refractivity contribution in [2.24, 2.45) is 5.92 Å². The van der Waals surface area contributed by atoms with E-state index >= 15 is 0 Å². The van der Waals surface area contributed by atoms with Crippen molar-refractivity contribution in [3.8, 4) is 11.5 Å². The van der Waals surface area contributed by atoms with Crippen LogP contribution < -0.4 is 10.1 Å². The van der Waals surface area contributed by atoms with Gasteiger partial charge in [-0.2, -0.15) is 0 Å². The second-order valence-corrected chi connectivity index (χ2v) is 7.38. The molecule has 4 nitrogen and oxygen atoms in total. The van der Waals surface area contributed by atoms with Crippen LogP contribution in [-0.2, 0) is 6.42 Å². The number of aromatic hydroxyl groups is 1. The third-order valence-corrected chi connectivity index (χ3v) is 5.34. The van der Waals surface area contributed by atoms with E-state index in [1.54, 1.807) is 18.2 Å². The number of para-hydroxylation sites is 2. The fraction of sp³-hybridized carbons (Fsp3) is 0.455. The number of hydrogen-bond donors (Lipinski definition) is 3. The molecular weight excluding hydrogens is 362 g/mol. The molecule has 1 heterocycles. The Labute approximate surface area is 168 Å². The highest BCUT2D eigenvalue weighted by atomic mass is 35.5. The minimum Gasteiger partial charge on any atom is -0.504 e. The van der Waals surface area contributed by atoms with Crippen LogP contribution in [0.1, 0.15) is 30.4 Å². The number of aliphatic hydroxyl groups is 1. The maximum Gasteiger partial charge on any atom is 0.160 e. The van der Waals surface area contributed by atoms with Gasteiger partial charge in [0.2, 0.25) is 0 Å². The molecule has 0 spiro atoms. The minimum atomic E-state index is -0.671. The Morgan fingerprint density at radius 1 is 1.15 bits per heavy atom. The third-order valence-electron chi connectivity index (χ3n) is 5.34. The Bertz CT molecular complexity index is 707. The summed E-state index contributed by atoms with van der Waals surface area (Å²) in [6.07, 6.45) is 3.20. The van der Waals surface area contributed by atoms with Crippen molar-refractivity contribution in [1.29, 1.82) is 0 Å². The topological polar surface area (TPSA) is 61.7 Å². The predicted molar refractivity (Wildman–Crippen MR) is 111 cm³/mol. The second-order valence-electron chi connectivity index (χ2n) is 7.38. The Kier molecular flexibility index (Phi) is 7.96. The lowest BCUT2D eigenvalue weighted by molar-refractivity contribution is -0.0446. The van der Waals surface area contributed by atoms with E-state index in [4.69, 9.17) is 4.74 Å². The number of piperidine rings is 1. The number of hydrogen-bond acceptors (Lipinski definition) is 4. The van der Waals surface area contributed by atoms with Gasteiger partial charge in [0.05, 0.1) is 12.2 Å². The predicted octanol–water partition coefficient (Wildman–Crippen LogP) is 3.86. The first-order valence-corrected chi connectivity index (χ1v) is 9.46. The summed E-state index contributed by atoms with van der Waals surface area (Å²) in [5.74, 6) is 0.886. The van der Waals surface area contributed by atoms with E-state index in [1.165, 1.54) is 11.1 Å². The van der Waals surface area contributed by atoms with Crippen molar-refractivity contribution < 1.29 is 14.9 Å². The number of phenols is 1. The lowest BCUT2D eigenvalue weighted by Crippen LogP contribution is -2.51. The van der Waals surface area contributed by atoms with Gasteiger partial charge in [0, 0.05) is 18.9 Å². The van der Waals surface area contributed by atoms with Crippen LogP contribution in [-0.4, -0.2) is 35.5 Å². The first kappa shape index (κ1) is 21.5. The first-order valence-electron chi connectivity index (χ1n) is 9.46. The SMILES string of the molecule is Cc1ccc(CC2(O)CCNCC2CCCOc2ccccc2O)cc1.Cl. The summed E-state index contributed by atoms with van der Waals surface area (Å²) in [7, 11) is 0. The summed E-state index contributed by atoms with van der Waals surface area (Å²) in [5.41, 5.74) is 1.76. The summed E-state index contributed by atoms with van der Waals surface area (Å²) in [4.78, 5) is 0. The number of benzene rings is 2. The molecule has 1 aliphatic rings. The van der Waals surface area contributed by atoms with Crippen molar-refractivity contribution in [3.63, 3.8) is 0 Å². The van der Waals surface area contributed by atoms with Gasteiger partial charge >= 0.3 is 0 Å². The third kappa shape index (κ3) is 5.86. The van der Waals surface area contributed by atoms with Gasteiger partial charge in [-0.1, -0.05) is 42.0 Å². The molecule has 3 rings (SSSR count). The second kappa shape index (κ2) is 9.98. The van der Waals surface area contributed by atoms with E-state index in [-0.39, 0.29) is 24.1 Å². The molecule has 148 valence electrons. The average molecular weight is 392 g/mol. The van der Waals surface area contributed by atoms with Gasteiger partial charge in [-0.25, -0.2) is 0 Å². The summed E-state index contributed by atoms with van der Waals surface area (Å²) in [6.45, 7) is 4.30. The molecule has 2 unspecified atom stereocenters. The van der Waals surface area contributed by atoms with Gasteiger partial charge in [-0.05, 0) is 50.4 Å². The molecule has 1 fully saturated rings. The van der Waals surface area contributed by atoms with Gasteiger partial charge in [0.25, 0.3) is 0 Å². The normalized spacial score (nSPS) is 22.1. The Hall–Kier alpha value is -1.75. The highest BCUT2D eigenvalue weighted by molar-refractivity contribution is 5.85. The highest BCUT2D eigenvalue weighted by Crippen LogP contribution is 2.32. The van der Waals surface area contributed by atoms with E-state index < -0.39 is 5.60 Å². The van der Waals surface area contributed by atoms with Crippen molar-refractivity contribution in [2.75, 3.05) is 19.7 Å². The molecule has 2 aromatic carbocycles. The summed E-state index contributed by atoms with van der Waals surface area (Å²) >= 11 is 0. The number of rotatable bonds is 7. The highest BCUT2D eigenvalue weighted by Gasteiger charge is 2.38. The van der Waals surface area contributed by atoms with E-state index in [2.05, 4.69) is 36.5 Å². The molecule has 0 aromatic heterocycles.